The summed E-state index contributed by atoms with van der Waals surface area (Å²) in [4.78, 5) is 19.5. The quantitative estimate of drug-likeness (QED) is 0.923. The molecule has 0 saturated heterocycles. The van der Waals surface area contributed by atoms with Gasteiger partial charge in [-0.25, -0.2) is 9.78 Å². The zero-order valence-corrected chi connectivity index (χ0v) is 12.3. The molecule has 0 aromatic carbocycles. The van der Waals surface area contributed by atoms with Crippen LogP contribution in [-0.4, -0.2) is 22.6 Å². The van der Waals surface area contributed by atoms with Gasteiger partial charge in [0.25, 0.3) is 0 Å². The van der Waals surface area contributed by atoms with Crippen molar-refractivity contribution in [2.75, 3.05) is 11.4 Å². The fourth-order valence-electron chi connectivity index (χ4n) is 2.74. The number of aryl methyl sites for hydroxylation is 2. The predicted octanol–water partition coefficient (Wildman–Crippen LogP) is 3.02. The predicted molar refractivity (Wildman–Crippen MR) is 79.7 cm³/mol. The maximum atomic E-state index is 11.5. The minimum absolute atomic E-state index is 0.328. The maximum Gasteiger partial charge on any atom is 0.339 e. The van der Waals surface area contributed by atoms with E-state index in [2.05, 4.69) is 21.3 Å². The van der Waals surface area contributed by atoms with Crippen LogP contribution in [0.15, 0.2) is 17.5 Å². The summed E-state index contributed by atoms with van der Waals surface area (Å²) in [5.41, 5.74) is 3.25. The Labute approximate surface area is 121 Å². The largest absolute Gasteiger partial charge is 0.478 e. The fraction of sp³-hybridized carbons (Fsp3) is 0.333. The first-order valence-electron chi connectivity index (χ1n) is 6.58. The van der Waals surface area contributed by atoms with Gasteiger partial charge in [0.05, 0.1) is 0 Å². The van der Waals surface area contributed by atoms with Crippen LogP contribution >= 0.6 is 11.3 Å². The Hall–Kier alpha value is -1.88. The van der Waals surface area contributed by atoms with Crippen molar-refractivity contribution in [3.63, 3.8) is 0 Å². The summed E-state index contributed by atoms with van der Waals surface area (Å²) in [6, 6.07) is 3.95. The van der Waals surface area contributed by atoms with Gasteiger partial charge in [-0.3, -0.25) is 0 Å². The van der Waals surface area contributed by atoms with Crippen LogP contribution in [0.2, 0.25) is 0 Å². The lowest BCUT2D eigenvalue weighted by molar-refractivity contribution is 0.0696. The molecule has 4 nitrogen and oxygen atoms in total. The van der Waals surface area contributed by atoms with Crippen molar-refractivity contribution in [1.29, 1.82) is 0 Å². The molecule has 3 heterocycles. The molecule has 0 saturated carbocycles. The molecule has 0 fully saturated rings. The number of carboxylic acids is 1. The molecule has 2 aromatic rings. The number of anilines is 1. The van der Waals surface area contributed by atoms with E-state index in [1.54, 1.807) is 11.3 Å². The van der Waals surface area contributed by atoms with Crippen LogP contribution in [-0.2, 0) is 13.0 Å². The van der Waals surface area contributed by atoms with Crippen molar-refractivity contribution in [1.82, 2.24) is 4.98 Å². The molecule has 0 spiro atoms. The van der Waals surface area contributed by atoms with Crippen molar-refractivity contribution in [2.45, 2.75) is 26.8 Å². The Kier molecular flexibility index (Phi) is 3.22. The SMILES string of the molecule is Cc1cc(C)c(C(=O)O)c(N2CCc3sccc3C2)n1. The Morgan fingerprint density at radius 1 is 1.45 bits per heavy atom. The summed E-state index contributed by atoms with van der Waals surface area (Å²) in [7, 11) is 0. The van der Waals surface area contributed by atoms with Gasteiger partial charge >= 0.3 is 5.97 Å². The van der Waals surface area contributed by atoms with Gasteiger partial charge in [0.2, 0.25) is 0 Å². The van der Waals surface area contributed by atoms with E-state index >= 15 is 0 Å². The monoisotopic (exact) mass is 288 g/mol. The molecule has 0 aliphatic carbocycles. The van der Waals surface area contributed by atoms with Crippen LogP contribution in [0.25, 0.3) is 0 Å². The Bertz CT molecular complexity index is 679. The van der Waals surface area contributed by atoms with E-state index in [9.17, 15) is 9.90 Å². The summed E-state index contributed by atoms with van der Waals surface area (Å²) < 4.78 is 0. The van der Waals surface area contributed by atoms with Crippen LogP contribution in [0.1, 0.15) is 32.1 Å². The number of fused-ring (bicyclic) bond motifs is 1. The maximum absolute atomic E-state index is 11.5. The molecule has 2 aromatic heterocycles. The Balaban J connectivity index is 2.05. The topological polar surface area (TPSA) is 53.4 Å². The third-order valence-corrected chi connectivity index (χ3v) is 4.67. The standard InChI is InChI=1S/C15H16N2O2S/c1-9-7-10(2)16-14(13(9)15(18)19)17-5-3-12-11(8-17)4-6-20-12/h4,6-7H,3,5,8H2,1-2H3,(H,18,19). The number of thiophene rings is 1. The molecule has 0 radical (unpaired) electrons. The van der Waals surface area contributed by atoms with E-state index in [4.69, 9.17) is 0 Å². The minimum Gasteiger partial charge on any atom is -0.478 e. The summed E-state index contributed by atoms with van der Waals surface area (Å²) in [5.74, 6) is -0.298. The second kappa shape index (κ2) is 4.90. The average molecular weight is 288 g/mol. The first-order chi connectivity index (χ1) is 9.56. The molecule has 104 valence electrons. The number of pyridine rings is 1. The lowest BCUT2D eigenvalue weighted by atomic mass is 10.1. The van der Waals surface area contributed by atoms with Gasteiger partial charge in [-0.1, -0.05) is 0 Å². The van der Waals surface area contributed by atoms with Gasteiger partial charge in [-0.05, 0) is 48.9 Å². The van der Waals surface area contributed by atoms with E-state index in [1.165, 1.54) is 10.4 Å². The summed E-state index contributed by atoms with van der Waals surface area (Å²) in [5, 5.41) is 11.6. The molecule has 1 N–H and O–H groups in total. The molecule has 0 amide bonds. The van der Waals surface area contributed by atoms with Crippen molar-refractivity contribution in [2.24, 2.45) is 0 Å². The van der Waals surface area contributed by atoms with Crippen molar-refractivity contribution in [3.8, 4) is 0 Å². The minimum atomic E-state index is -0.902. The van der Waals surface area contributed by atoms with Gasteiger partial charge < -0.3 is 10.0 Å². The van der Waals surface area contributed by atoms with Crippen molar-refractivity contribution < 1.29 is 9.90 Å². The molecule has 20 heavy (non-hydrogen) atoms. The highest BCUT2D eigenvalue weighted by atomic mass is 32.1. The van der Waals surface area contributed by atoms with Crippen LogP contribution < -0.4 is 4.90 Å². The Morgan fingerprint density at radius 3 is 3.00 bits per heavy atom. The molecule has 5 heteroatoms. The van der Waals surface area contributed by atoms with Crippen LogP contribution in [0.5, 0.6) is 0 Å². The number of hydrogen-bond acceptors (Lipinski definition) is 4. The van der Waals surface area contributed by atoms with Crippen molar-refractivity contribution >= 4 is 23.1 Å². The molecule has 1 aliphatic heterocycles. The third-order valence-electron chi connectivity index (χ3n) is 3.65. The lowest BCUT2D eigenvalue weighted by Gasteiger charge is -2.29. The number of hydrogen-bond donors (Lipinski definition) is 1. The van der Waals surface area contributed by atoms with E-state index in [0.717, 1.165) is 30.8 Å². The molecular formula is C15H16N2O2S. The number of rotatable bonds is 2. The smallest absolute Gasteiger partial charge is 0.339 e. The van der Waals surface area contributed by atoms with Gasteiger partial charge in [0, 0.05) is 23.7 Å². The molecule has 0 bridgehead atoms. The first kappa shape index (κ1) is 13.1. The van der Waals surface area contributed by atoms with Crippen molar-refractivity contribution in [3.05, 3.63) is 44.8 Å². The number of carbonyl (C=O) groups is 1. The van der Waals surface area contributed by atoms with Gasteiger partial charge in [-0.2, -0.15) is 0 Å². The van der Waals surface area contributed by atoms with Gasteiger partial charge in [0.1, 0.15) is 11.4 Å². The van der Waals surface area contributed by atoms with Gasteiger partial charge in [-0.15, -0.1) is 11.3 Å². The summed E-state index contributed by atoms with van der Waals surface area (Å²) in [6.45, 7) is 5.31. The van der Waals surface area contributed by atoms with Gasteiger partial charge in [0.15, 0.2) is 0 Å². The second-order valence-electron chi connectivity index (χ2n) is 5.12. The average Bonchev–Trinajstić information content (AvgIpc) is 2.84. The van der Waals surface area contributed by atoms with E-state index in [1.807, 2.05) is 19.9 Å². The highest BCUT2D eigenvalue weighted by Gasteiger charge is 2.24. The number of aromatic nitrogens is 1. The van der Waals surface area contributed by atoms with E-state index in [0.29, 0.717) is 11.4 Å². The highest BCUT2D eigenvalue weighted by Crippen LogP contribution is 2.30. The lowest BCUT2D eigenvalue weighted by Crippen LogP contribution is -2.32. The normalized spacial score (nSPS) is 14.2. The van der Waals surface area contributed by atoms with Crippen LogP contribution in [0, 0.1) is 13.8 Å². The molecule has 0 atom stereocenters. The van der Waals surface area contributed by atoms with E-state index in [-0.39, 0.29) is 0 Å². The second-order valence-corrected chi connectivity index (χ2v) is 6.13. The van der Waals surface area contributed by atoms with Crippen LogP contribution in [0.4, 0.5) is 5.82 Å². The Morgan fingerprint density at radius 2 is 2.25 bits per heavy atom. The molecule has 1 aliphatic rings. The number of nitrogens with zero attached hydrogens (tertiary/aromatic N) is 2. The van der Waals surface area contributed by atoms with Crippen LogP contribution in [0.3, 0.4) is 0 Å². The van der Waals surface area contributed by atoms with E-state index < -0.39 is 5.97 Å². The number of carboxylic acid groups (broad SMARTS) is 1. The third kappa shape index (κ3) is 2.18. The molecule has 0 unspecified atom stereocenters. The molecule has 3 rings (SSSR count). The highest BCUT2D eigenvalue weighted by molar-refractivity contribution is 7.10. The zero-order chi connectivity index (χ0) is 14.3. The summed E-state index contributed by atoms with van der Waals surface area (Å²) in [6.07, 6.45) is 0.959. The summed E-state index contributed by atoms with van der Waals surface area (Å²) >= 11 is 1.78. The number of aromatic carboxylic acids is 1. The first-order valence-corrected chi connectivity index (χ1v) is 7.46. The molecular weight excluding hydrogens is 272 g/mol. The zero-order valence-electron chi connectivity index (χ0n) is 11.5. The fourth-order valence-corrected chi connectivity index (χ4v) is 3.63.